The Labute approximate surface area is 125 Å². The summed E-state index contributed by atoms with van der Waals surface area (Å²) in [5, 5.41) is 18.8. The minimum Gasteiger partial charge on any atom is -0.497 e. The van der Waals surface area contributed by atoms with Crippen LogP contribution in [0.3, 0.4) is 0 Å². The van der Waals surface area contributed by atoms with Crippen LogP contribution >= 0.6 is 0 Å². The first-order valence-electron chi connectivity index (χ1n) is 6.39. The highest BCUT2D eigenvalue weighted by molar-refractivity contribution is 6.23. The third-order valence-electron chi connectivity index (χ3n) is 4.36. The molecule has 0 unspecified atom stereocenters. The van der Waals surface area contributed by atoms with Crippen molar-refractivity contribution in [3.8, 4) is 17.9 Å². The lowest BCUT2D eigenvalue weighted by atomic mass is 9.97. The maximum Gasteiger partial charge on any atom is 0.270 e. The van der Waals surface area contributed by atoms with Crippen molar-refractivity contribution >= 4 is 17.5 Å². The van der Waals surface area contributed by atoms with Crippen LogP contribution in [0.1, 0.15) is 10.4 Å². The van der Waals surface area contributed by atoms with Gasteiger partial charge in [0.1, 0.15) is 11.6 Å². The molecule has 22 heavy (non-hydrogen) atoms. The van der Waals surface area contributed by atoms with Crippen LogP contribution in [0.25, 0.3) is 0 Å². The first-order chi connectivity index (χ1) is 10.5. The molecule has 7 heteroatoms. The Bertz CT molecular complexity index is 815. The topological polar surface area (TPSA) is 129 Å². The summed E-state index contributed by atoms with van der Waals surface area (Å²) in [6.45, 7) is 0. The number of methoxy groups -OCH3 is 1. The molecule has 1 fully saturated rings. The number of ketones is 1. The van der Waals surface area contributed by atoms with Crippen LogP contribution in [0.4, 0.5) is 0 Å². The van der Waals surface area contributed by atoms with Crippen LogP contribution < -0.4 is 10.5 Å². The SMILES string of the molecule is COc1ccc(C(=O)[C@@H]2[C@]3(C#N)C(N)=NC(=O)[C@]23C#N)cc1. The van der Waals surface area contributed by atoms with Crippen molar-refractivity contribution in [2.75, 3.05) is 7.11 Å². The molecule has 7 nitrogen and oxygen atoms in total. The van der Waals surface area contributed by atoms with E-state index in [2.05, 4.69) is 4.99 Å². The molecule has 0 saturated heterocycles. The molecule has 2 aliphatic rings. The molecule has 1 saturated carbocycles. The molecular weight excluding hydrogens is 284 g/mol. The number of rotatable bonds is 3. The van der Waals surface area contributed by atoms with E-state index in [0.29, 0.717) is 5.75 Å². The average Bonchev–Trinajstić information content (AvgIpc) is 3.12. The number of hydrogen-bond acceptors (Lipinski definition) is 6. The van der Waals surface area contributed by atoms with Crippen LogP contribution in [-0.4, -0.2) is 24.6 Å². The van der Waals surface area contributed by atoms with Gasteiger partial charge >= 0.3 is 0 Å². The molecule has 1 amide bonds. The summed E-state index contributed by atoms with van der Waals surface area (Å²) < 4.78 is 5.01. The summed E-state index contributed by atoms with van der Waals surface area (Å²) in [5.41, 5.74) is 2.50. The van der Waals surface area contributed by atoms with Crippen LogP contribution in [0.2, 0.25) is 0 Å². The van der Waals surface area contributed by atoms with Crippen molar-refractivity contribution in [2.24, 2.45) is 27.5 Å². The molecule has 0 aromatic heterocycles. The van der Waals surface area contributed by atoms with Gasteiger partial charge in [-0.05, 0) is 24.3 Å². The summed E-state index contributed by atoms with van der Waals surface area (Å²) >= 11 is 0. The van der Waals surface area contributed by atoms with Gasteiger partial charge in [0.15, 0.2) is 16.6 Å². The van der Waals surface area contributed by atoms with Crippen molar-refractivity contribution < 1.29 is 14.3 Å². The van der Waals surface area contributed by atoms with Gasteiger partial charge in [0.2, 0.25) is 0 Å². The number of aliphatic imine (C=N–C) groups is 1. The van der Waals surface area contributed by atoms with Crippen LogP contribution in [-0.2, 0) is 4.79 Å². The fourth-order valence-corrected chi connectivity index (χ4v) is 3.13. The molecule has 3 atom stereocenters. The molecule has 2 N–H and O–H groups in total. The van der Waals surface area contributed by atoms with Crippen LogP contribution in [0.15, 0.2) is 29.3 Å². The van der Waals surface area contributed by atoms with E-state index in [-0.39, 0.29) is 11.4 Å². The number of carbonyl (C=O) groups excluding carboxylic acids is 2. The summed E-state index contributed by atoms with van der Waals surface area (Å²) in [7, 11) is 1.49. The van der Waals surface area contributed by atoms with Gasteiger partial charge in [0.25, 0.3) is 5.91 Å². The van der Waals surface area contributed by atoms with Gasteiger partial charge in [0.05, 0.1) is 25.2 Å². The van der Waals surface area contributed by atoms with E-state index in [0.717, 1.165) is 0 Å². The van der Waals surface area contributed by atoms with Crippen molar-refractivity contribution in [2.45, 2.75) is 0 Å². The molecule has 1 aliphatic heterocycles. The number of Topliss-reactive ketones (excluding diaryl/α,β-unsaturated/α-hetero) is 1. The second-order valence-corrected chi connectivity index (χ2v) is 5.17. The largest absolute Gasteiger partial charge is 0.497 e. The Kier molecular flexibility index (Phi) is 2.60. The number of amidine groups is 1. The number of nitrogens with two attached hydrogens (primary N) is 1. The second-order valence-electron chi connectivity index (χ2n) is 5.17. The lowest BCUT2D eigenvalue weighted by Gasteiger charge is -2.06. The van der Waals surface area contributed by atoms with E-state index in [1.54, 1.807) is 18.2 Å². The van der Waals surface area contributed by atoms with Crippen molar-refractivity contribution in [3.63, 3.8) is 0 Å². The first-order valence-corrected chi connectivity index (χ1v) is 6.39. The Morgan fingerprint density at radius 3 is 2.32 bits per heavy atom. The second kappa shape index (κ2) is 4.15. The van der Waals surface area contributed by atoms with Gasteiger partial charge in [0, 0.05) is 5.56 Å². The molecule has 0 spiro atoms. The number of nitriles is 2. The summed E-state index contributed by atoms with van der Waals surface area (Å²) in [4.78, 5) is 28.1. The van der Waals surface area contributed by atoms with Crippen molar-refractivity contribution in [1.29, 1.82) is 10.5 Å². The predicted molar refractivity (Wildman–Crippen MR) is 73.5 cm³/mol. The molecule has 1 heterocycles. The fraction of sp³-hybridized carbons (Fsp3) is 0.267. The Hall–Kier alpha value is -3.19. The number of ether oxygens (including phenoxy) is 1. The van der Waals surface area contributed by atoms with Crippen molar-refractivity contribution in [1.82, 2.24) is 0 Å². The summed E-state index contributed by atoms with van der Waals surface area (Å²) in [6.07, 6.45) is 0. The highest BCUT2D eigenvalue weighted by Crippen LogP contribution is 2.72. The number of benzene rings is 1. The molecule has 1 aromatic carbocycles. The highest BCUT2D eigenvalue weighted by Gasteiger charge is 2.90. The predicted octanol–water partition coefficient (Wildman–Crippen LogP) is 0.425. The zero-order valence-corrected chi connectivity index (χ0v) is 11.5. The summed E-state index contributed by atoms with van der Waals surface area (Å²) in [5.74, 6) is -2.10. The van der Waals surface area contributed by atoms with Gasteiger partial charge in [-0.25, -0.2) is 0 Å². The van der Waals surface area contributed by atoms with E-state index in [9.17, 15) is 20.1 Å². The average molecular weight is 294 g/mol. The van der Waals surface area contributed by atoms with E-state index in [1.165, 1.54) is 19.2 Å². The molecule has 0 bridgehead atoms. The fourth-order valence-electron chi connectivity index (χ4n) is 3.13. The van der Waals surface area contributed by atoms with Crippen LogP contribution in [0, 0.1) is 39.4 Å². The van der Waals surface area contributed by atoms with E-state index < -0.39 is 28.4 Å². The van der Waals surface area contributed by atoms with Gasteiger partial charge < -0.3 is 10.5 Å². The Morgan fingerprint density at radius 2 is 1.86 bits per heavy atom. The van der Waals surface area contributed by atoms with Crippen molar-refractivity contribution in [3.05, 3.63) is 29.8 Å². The summed E-state index contributed by atoms with van der Waals surface area (Å²) in [6, 6.07) is 9.87. The maximum absolute atomic E-state index is 12.6. The molecule has 1 aromatic rings. The number of amides is 1. The first kappa shape index (κ1) is 13.8. The number of nitrogens with zero attached hydrogens (tertiary/aromatic N) is 3. The number of hydrogen-bond donors (Lipinski definition) is 1. The van der Waals surface area contributed by atoms with Gasteiger partial charge in [-0.1, -0.05) is 0 Å². The number of carbonyl (C=O) groups is 2. The quantitative estimate of drug-likeness (QED) is 0.804. The normalized spacial score (nSPS) is 31.5. The van der Waals surface area contributed by atoms with E-state index in [1.807, 2.05) is 6.07 Å². The van der Waals surface area contributed by atoms with E-state index in [4.69, 9.17) is 10.5 Å². The smallest absolute Gasteiger partial charge is 0.270 e. The minimum atomic E-state index is -1.79. The molecule has 0 radical (unpaired) electrons. The lowest BCUT2D eigenvalue weighted by Crippen LogP contribution is -2.27. The maximum atomic E-state index is 12.6. The van der Waals surface area contributed by atoms with Crippen LogP contribution in [0.5, 0.6) is 5.75 Å². The standard InChI is InChI=1S/C15H10N4O3/c1-22-9-4-2-8(3-5-9)10(20)11-14(6-16)12(18)19-13(21)15(11,14)7-17/h2-5,11H,1H3,(H2,18,19,21)/t11-,14-,15+/m1/s1. The third-order valence-corrected chi connectivity index (χ3v) is 4.36. The number of fused-ring (bicyclic) bond motifs is 1. The Balaban J connectivity index is 2.05. The zero-order valence-electron chi connectivity index (χ0n) is 11.5. The monoisotopic (exact) mass is 294 g/mol. The highest BCUT2D eigenvalue weighted by atomic mass is 16.5. The molecular formula is C15H10N4O3. The molecule has 3 rings (SSSR count). The zero-order chi connectivity index (χ0) is 16.1. The third kappa shape index (κ3) is 1.26. The van der Waals surface area contributed by atoms with Gasteiger partial charge in [-0.3, -0.25) is 9.59 Å². The van der Waals surface area contributed by atoms with E-state index >= 15 is 0 Å². The Morgan fingerprint density at radius 1 is 1.27 bits per heavy atom. The molecule has 1 aliphatic carbocycles. The van der Waals surface area contributed by atoms with Gasteiger partial charge in [-0.2, -0.15) is 15.5 Å². The molecule has 108 valence electrons. The minimum absolute atomic E-state index is 0.256. The van der Waals surface area contributed by atoms with Gasteiger partial charge in [-0.15, -0.1) is 0 Å². The lowest BCUT2D eigenvalue weighted by molar-refractivity contribution is -0.121.